The fourth-order valence-electron chi connectivity index (χ4n) is 2.86. The number of ether oxygens (including phenoxy) is 3. The van der Waals surface area contributed by atoms with Crippen LogP contribution in [0.3, 0.4) is 0 Å². The summed E-state index contributed by atoms with van der Waals surface area (Å²) in [5.74, 6) is -0.540. The average molecular weight is 383 g/mol. The van der Waals surface area contributed by atoms with E-state index < -0.39 is 5.79 Å². The minimum Gasteiger partial charge on any atom is -0.495 e. The molecule has 2 atom stereocenters. The molecular formula is C24H30O4. The van der Waals surface area contributed by atoms with Crippen molar-refractivity contribution in [1.82, 2.24) is 0 Å². The first-order valence-corrected chi connectivity index (χ1v) is 9.64. The smallest absolute Gasteiger partial charge is 0.212 e. The fraction of sp³-hybridized carbons (Fsp3) is 0.375. The van der Waals surface area contributed by atoms with Crippen LogP contribution in [-0.4, -0.2) is 30.4 Å². The summed E-state index contributed by atoms with van der Waals surface area (Å²) in [6.07, 6.45) is 10.7. The molecule has 1 aliphatic rings. The predicted molar refractivity (Wildman–Crippen MR) is 112 cm³/mol. The van der Waals surface area contributed by atoms with Crippen molar-refractivity contribution in [1.29, 1.82) is 0 Å². The van der Waals surface area contributed by atoms with Crippen LogP contribution in [0.25, 0.3) is 0 Å². The number of hydrogen-bond acceptors (Lipinski definition) is 4. The van der Waals surface area contributed by atoms with Gasteiger partial charge in [0, 0.05) is 11.6 Å². The van der Waals surface area contributed by atoms with Crippen molar-refractivity contribution in [3.63, 3.8) is 0 Å². The van der Waals surface area contributed by atoms with Gasteiger partial charge in [0.05, 0.1) is 24.7 Å². The Balaban J connectivity index is 2.27. The Kier molecular flexibility index (Phi) is 7.97. The number of carbonyl (C=O) groups is 1. The first-order valence-electron chi connectivity index (χ1n) is 9.64. The van der Waals surface area contributed by atoms with Gasteiger partial charge in [-0.15, -0.1) is 6.58 Å². The van der Waals surface area contributed by atoms with Gasteiger partial charge in [-0.1, -0.05) is 48.6 Å². The molecule has 0 fully saturated rings. The molecule has 0 radical (unpaired) electrons. The molecule has 1 aromatic rings. The van der Waals surface area contributed by atoms with Crippen molar-refractivity contribution in [2.24, 2.45) is 5.92 Å². The Morgan fingerprint density at radius 1 is 1.18 bits per heavy atom. The minimum absolute atomic E-state index is 0.0189. The molecule has 150 valence electrons. The van der Waals surface area contributed by atoms with E-state index in [2.05, 4.69) is 6.58 Å². The van der Waals surface area contributed by atoms with Gasteiger partial charge in [0.25, 0.3) is 0 Å². The van der Waals surface area contributed by atoms with E-state index in [0.29, 0.717) is 17.9 Å². The predicted octanol–water partition coefficient (Wildman–Crippen LogP) is 5.24. The summed E-state index contributed by atoms with van der Waals surface area (Å²) in [4.78, 5) is 12.4. The van der Waals surface area contributed by atoms with E-state index in [1.807, 2.05) is 70.2 Å². The van der Waals surface area contributed by atoms with E-state index in [0.717, 1.165) is 0 Å². The highest BCUT2D eigenvalue weighted by atomic mass is 16.7. The first kappa shape index (κ1) is 21.9. The zero-order valence-electron chi connectivity index (χ0n) is 17.1. The Hall–Kier alpha value is -2.43. The van der Waals surface area contributed by atoms with Crippen LogP contribution in [-0.2, 0) is 14.2 Å². The van der Waals surface area contributed by atoms with Crippen LogP contribution in [0.4, 0.5) is 0 Å². The van der Waals surface area contributed by atoms with E-state index in [1.165, 1.54) is 0 Å². The second-order valence-corrected chi connectivity index (χ2v) is 7.18. The average Bonchev–Trinajstić information content (AvgIpc) is 2.65. The zero-order valence-corrected chi connectivity index (χ0v) is 17.1. The molecule has 2 rings (SSSR count). The van der Waals surface area contributed by atoms with Gasteiger partial charge in [0.15, 0.2) is 5.78 Å². The molecule has 0 N–H and O–H groups in total. The van der Waals surface area contributed by atoms with Crippen molar-refractivity contribution in [2.45, 2.75) is 45.7 Å². The molecule has 1 aromatic carbocycles. The lowest BCUT2D eigenvalue weighted by Gasteiger charge is -2.34. The summed E-state index contributed by atoms with van der Waals surface area (Å²) in [6.45, 7) is 11.9. The van der Waals surface area contributed by atoms with Gasteiger partial charge in [-0.25, -0.2) is 0 Å². The molecule has 0 amide bonds. The summed E-state index contributed by atoms with van der Waals surface area (Å²) in [6, 6.07) is 9.19. The Morgan fingerprint density at radius 2 is 1.89 bits per heavy atom. The van der Waals surface area contributed by atoms with Gasteiger partial charge in [0.2, 0.25) is 5.79 Å². The monoisotopic (exact) mass is 382 g/mol. The van der Waals surface area contributed by atoms with Crippen molar-refractivity contribution in [3.05, 3.63) is 84.7 Å². The first-order chi connectivity index (χ1) is 13.3. The van der Waals surface area contributed by atoms with Crippen LogP contribution < -0.4 is 0 Å². The van der Waals surface area contributed by atoms with Crippen molar-refractivity contribution < 1.29 is 19.0 Å². The molecular weight excluding hydrogens is 352 g/mol. The lowest BCUT2D eigenvalue weighted by atomic mass is 9.95. The highest BCUT2D eigenvalue weighted by molar-refractivity contribution is 6.04. The molecule has 0 aliphatic heterocycles. The maximum Gasteiger partial charge on any atom is 0.212 e. The molecule has 1 aliphatic carbocycles. The zero-order chi connectivity index (χ0) is 20.6. The van der Waals surface area contributed by atoms with Crippen LogP contribution >= 0.6 is 0 Å². The van der Waals surface area contributed by atoms with Crippen molar-refractivity contribution >= 4 is 5.78 Å². The van der Waals surface area contributed by atoms with Crippen LogP contribution in [0.5, 0.6) is 0 Å². The third kappa shape index (κ3) is 6.32. The van der Waals surface area contributed by atoms with Crippen LogP contribution in [0.2, 0.25) is 0 Å². The molecule has 4 heteroatoms. The molecule has 0 saturated heterocycles. The quantitative estimate of drug-likeness (QED) is 0.240. The number of allylic oxidation sites excluding steroid dienone is 2. The van der Waals surface area contributed by atoms with Gasteiger partial charge in [-0.05, 0) is 39.8 Å². The third-order valence-corrected chi connectivity index (χ3v) is 3.94. The van der Waals surface area contributed by atoms with E-state index in [9.17, 15) is 4.79 Å². The summed E-state index contributed by atoms with van der Waals surface area (Å²) < 4.78 is 18.0. The van der Waals surface area contributed by atoms with E-state index in [-0.39, 0.29) is 23.9 Å². The maximum absolute atomic E-state index is 12.4. The maximum atomic E-state index is 12.4. The van der Waals surface area contributed by atoms with Gasteiger partial charge in [-0.2, -0.15) is 0 Å². The lowest BCUT2D eigenvalue weighted by Crippen LogP contribution is -2.37. The van der Waals surface area contributed by atoms with Gasteiger partial charge < -0.3 is 14.2 Å². The number of carbonyl (C=O) groups excluding carboxylic acids is 1. The van der Waals surface area contributed by atoms with Gasteiger partial charge >= 0.3 is 0 Å². The van der Waals surface area contributed by atoms with Crippen LogP contribution in [0.1, 0.15) is 38.1 Å². The van der Waals surface area contributed by atoms with Gasteiger partial charge in [-0.3, -0.25) is 4.79 Å². The summed E-state index contributed by atoms with van der Waals surface area (Å²) in [5.41, 5.74) is 0.653. The van der Waals surface area contributed by atoms with Crippen LogP contribution in [0.15, 0.2) is 79.1 Å². The number of benzene rings is 1. The fourth-order valence-corrected chi connectivity index (χ4v) is 2.86. The molecule has 28 heavy (non-hydrogen) atoms. The summed E-state index contributed by atoms with van der Waals surface area (Å²) in [5, 5.41) is 0. The summed E-state index contributed by atoms with van der Waals surface area (Å²) in [7, 11) is 0. The highest BCUT2D eigenvalue weighted by Gasteiger charge is 2.34. The topological polar surface area (TPSA) is 44.8 Å². The lowest BCUT2D eigenvalue weighted by molar-refractivity contribution is -0.187. The van der Waals surface area contributed by atoms with Crippen LogP contribution in [0, 0.1) is 5.92 Å². The largest absolute Gasteiger partial charge is 0.495 e. The van der Waals surface area contributed by atoms with E-state index in [1.54, 1.807) is 24.3 Å². The van der Waals surface area contributed by atoms with Gasteiger partial charge in [0.1, 0.15) is 5.76 Å². The number of hydrogen-bond donors (Lipinski definition) is 0. The number of rotatable bonds is 10. The molecule has 0 bridgehead atoms. The molecule has 0 saturated carbocycles. The Morgan fingerprint density at radius 3 is 2.50 bits per heavy atom. The summed E-state index contributed by atoms with van der Waals surface area (Å²) >= 11 is 0. The minimum atomic E-state index is -1.01. The Labute approximate surface area is 168 Å². The molecule has 2 unspecified atom stereocenters. The normalized spacial score (nSPS) is 21.9. The SMILES string of the molecule is C=CCOC1(OC(C)C)C=CC(/C=C/C(=O)c2ccccc2)C(OC(C)C)=C1. The second kappa shape index (κ2) is 10.2. The highest BCUT2D eigenvalue weighted by Crippen LogP contribution is 2.32. The Bertz CT molecular complexity index is 743. The standard InChI is InChI=1S/C24H30O4/c1-6-16-26-24(28-19(4)5)15-14-21(23(17-24)27-18(2)3)12-13-22(25)20-10-8-7-9-11-20/h6-15,17-19,21H,1,16H2,2-5H3/b13-12+. The third-order valence-electron chi connectivity index (χ3n) is 3.94. The second-order valence-electron chi connectivity index (χ2n) is 7.18. The van der Waals surface area contributed by atoms with Crippen molar-refractivity contribution in [3.8, 4) is 0 Å². The molecule has 4 nitrogen and oxygen atoms in total. The van der Waals surface area contributed by atoms with Crippen molar-refractivity contribution in [2.75, 3.05) is 6.61 Å². The molecule has 0 heterocycles. The number of ketones is 1. The molecule has 0 aromatic heterocycles. The molecule has 0 spiro atoms. The van der Waals surface area contributed by atoms with E-state index >= 15 is 0 Å². The van der Waals surface area contributed by atoms with E-state index in [4.69, 9.17) is 14.2 Å².